The van der Waals surface area contributed by atoms with Crippen LogP contribution < -0.4 is 36.4 Å². The number of aromatic nitrogens is 6. The van der Waals surface area contributed by atoms with Gasteiger partial charge in [-0.25, -0.2) is 0 Å². The van der Waals surface area contributed by atoms with E-state index in [1.54, 1.807) is 6.92 Å². The molecular weight excluding hydrogens is 725 g/mol. The molecule has 17 heteroatoms. The minimum absolute atomic E-state index is 0.0147. The van der Waals surface area contributed by atoms with E-state index in [2.05, 4.69) is 90.6 Å². The highest BCUT2D eigenvalue weighted by Crippen LogP contribution is 2.27. The third-order valence-electron chi connectivity index (χ3n) is 9.96. The summed E-state index contributed by atoms with van der Waals surface area (Å²) in [4.78, 5) is 42.5. The summed E-state index contributed by atoms with van der Waals surface area (Å²) in [5.41, 5.74) is 5.64. The summed E-state index contributed by atoms with van der Waals surface area (Å²) in [6, 6.07) is 20.1. The molecule has 300 valence electrons. The van der Waals surface area contributed by atoms with E-state index in [4.69, 9.17) is 0 Å². The number of carbonyl (C=O) groups is 1. The molecule has 2 aromatic carbocycles. The van der Waals surface area contributed by atoms with E-state index in [0.717, 1.165) is 91.5 Å². The molecule has 4 aromatic heterocycles. The number of hydrogen-bond donors (Lipinski definition) is 9. The van der Waals surface area contributed by atoms with Crippen LogP contribution in [0.25, 0.3) is 22.1 Å². The molecule has 17 nitrogen and oxygen atoms in total. The number of aromatic amines is 2. The Balaban J connectivity index is 0.000000175. The van der Waals surface area contributed by atoms with Crippen molar-refractivity contribution in [2.24, 2.45) is 0 Å². The molecule has 6 aromatic rings. The number of aliphatic hydroxyl groups excluding tert-OH is 2. The van der Waals surface area contributed by atoms with E-state index < -0.39 is 0 Å². The number of carbonyl (C=O) groups excluding carboxylic acids is 1. The Morgan fingerprint density at radius 2 is 1.09 bits per heavy atom. The number of hydrogen-bond acceptors (Lipinski definition) is 14. The second kappa shape index (κ2) is 18.2. The molecule has 9 N–H and O–H groups in total. The van der Waals surface area contributed by atoms with Crippen LogP contribution in [0.2, 0.25) is 0 Å². The van der Waals surface area contributed by atoms with E-state index in [1.807, 2.05) is 67.5 Å². The topological polar surface area (TPSA) is 211 Å². The molecular formula is C40H52N14O3. The largest absolute Gasteiger partial charge is 0.394 e. The first-order valence-electron chi connectivity index (χ1n) is 19.4. The van der Waals surface area contributed by atoms with Crippen LogP contribution in [0.15, 0.2) is 73.1 Å². The Hall–Kier alpha value is -6.17. The van der Waals surface area contributed by atoms with Gasteiger partial charge in [-0.1, -0.05) is 0 Å². The lowest BCUT2D eigenvalue weighted by Gasteiger charge is -2.35. The van der Waals surface area contributed by atoms with Crippen LogP contribution in [0, 0.1) is 0 Å². The lowest BCUT2D eigenvalue weighted by molar-refractivity contribution is -0.129. The summed E-state index contributed by atoms with van der Waals surface area (Å²) in [6.07, 6.45) is 3.65. The zero-order valence-corrected chi connectivity index (χ0v) is 32.6. The monoisotopic (exact) mass is 776 g/mol. The predicted molar refractivity (Wildman–Crippen MR) is 227 cm³/mol. The van der Waals surface area contributed by atoms with Gasteiger partial charge >= 0.3 is 0 Å². The van der Waals surface area contributed by atoms with Crippen LogP contribution in [-0.4, -0.2) is 129 Å². The van der Waals surface area contributed by atoms with Crippen LogP contribution in [0.5, 0.6) is 0 Å². The number of amides is 1. The van der Waals surface area contributed by atoms with E-state index in [0.29, 0.717) is 23.5 Å². The van der Waals surface area contributed by atoms with Gasteiger partial charge in [0, 0.05) is 107 Å². The summed E-state index contributed by atoms with van der Waals surface area (Å²) < 4.78 is 0. The van der Waals surface area contributed by atoms with Gasteiger partial charge in [0.25, 0.3) is 0 Å². The molecule has 2 saturated heterocycles. The standard InChI is InChI=1S/C21H27N7O2.C19H25N7O/c1-14(13-29)23-20-18-7-8-22-19(18)25-21(26-20)24-16-3-5-17(6-4-16)28-11-9-27(10-12-28)15(2)30;1-13(12-27)22-18-16-6-7-21-17(16)24-19(25-18)23-14-2-4-15(5-3-14)26-10-8-20-9-11-26/h3-8,14,29H,9-13H2,1-2H3,(H3,22,23,24,25,26);2-7,13,20,27H,8-12H2,1H3,(H3,21,22,23,24,25). The Bertz CT molecular complexity index is 2210. The number of H-pyrrole nitrogens is 2. The molecule has 0 saturated carbocycles. The van der Waals surface area contributed by atoms with Gasteiger partial charge in [0.2, 0.25) is 17.8 Å². The number of fused-ring (bicyclic) bond motifs is 2. The van der Waals surface area contributed by atoms with Crippen molar-refractivity contribution >= 4 is 74.3 Å². The van der Waals surface area contributed by atoms with Gasteiger partial charge in [0.15, 0.2) is 0 Å². The molecule has 8 rings (SSSR count). The maximum atomic E-state index is 11.5. The van der Waals surface area contributed by atoms with E-state index >= 15 is 0 Å². The minimum atomic E-state index is -0.117. The molecule has 2 unspecified atom stereocenters. The van der Waals surface area contributed by atoms with Crippen molar-refractivity contribution in [3.05, 3.63) is 73.1 Å². The molecule has 0 spiro atoms. The summed E-state index contributed by atoms with van der Waals surface area (Å²) in [6.45, 7) is 12.7. The van der Waals surface area contributed by atoms with E-state index in [1.165, 1.54) is 5.69 Å². The SMILES string of the molecule is CC(=O)N1CCN(c2ccc(Nc3nc(NC(C)CO)c4cc[nH]c4n3)cc2)CC1.CC(CO)Nc1nc(Nc2ccc(N3CCNCC3)cc2)nc2[nH]ccc12. The molecule has 57 heavy (non-hydrogen) atoms. The summed E-state index contributed by atoms with van der Waals surface area (Å²) in [5, 5.41) is 36.8. The average molecular weight is 777 g/mol. The quantitative estimate of drug-likeness (QED) is 0.0859. The first kappa shape index (κ1) is 39.1. The normalized spacial score (nSPS) is 15.5. The fourth-order valence-corrected chi connectivity index (χ4v) is 6.74. The van der Waals surface area contributed by atoms with Crippen molar-refractivity contribution in [1.29, 1.82) is 0 Å². The smallest absolute Gasteiger partial charge is 0.231 e. The van der Waals surface area contributed by atoms with Crippen LogP contribution in [0.4, 0.5) is 46.3 Å². The van der Waals surface area contributed by atoms with Gasteiger partial charge in [-0.3, -0.25) is 4.79 Å². The Morgan fingerprint density at radius 3 is 1.51 bits per heavy atom. The lowest BCUT2D eigenvalue weighted by atomic mass is 10.2. The second-order valence-electron chi connectivity index (χ2n) is 14.3. The molecule has 1 amide bonds. The minimum Gasteiger partial charge on any atom is -0.394 e. The van der Waals surface area contributed by atoms with Crippen molar-refractivity contribution in [3.8, 4) is 0 Å². The predicted octanol–water partition coefficient (Wildman–Crippen LogP) is 4.07. The number of rotatable bonds is 12. The van der Waals surface area contributed by atoms with E-state index in [-0.39, 0.29) is 31.2 Å². The number of benzene rings is 2. The van der Waals surface area contributed by atoms with Crippen LogP contribution in [0.3, 0.4) is 0 Å². The second-order valence-corrected chi connectivity index (χ2v) is 14.3. The van der Waals surface area contributed by atoms with Gasteiger partial charge in [-0.05, 0) is 74.5 Å². The van der Waals surface area contributed by atoms with Gasteiger partial charge in [0.05, 0.1) is 24.0 Å². The molecule has 6 heterocycles. The van der Waals surface area contributed by atoms with Crippen molar-refractivity contribution in [2.45, 2.75) is 32.9 Å². The summed E-state index contributed by atoms with van der Waals surface area (Å²) in [5.74, 6) is 2.48. The van der Waals surface area contributed by atoms with Gasteiger partial charge in [-0.2, -0.15) is 19.9 Å². The summed E-state index contributed by atoms with van der Waals surface area (Å²) >= 11 is 0. The van der Waals surface area contributed by atoms with Gasteiger partial charge < -0.3 is 61.5 Å². The number of nitrogens with one attached hydrogen (secondary N) is 7. The van der Waals surface area contributed by atoms with E-state index in [9.17, 15) is 15.0 Å². The van der Waals surface area contributed by atoms with Crippen molar-refractivity contribution in [1.82, 2.24) is 40.1 Å². The number of anilines is 8. The zero-order valence-electron chi connectivity index (χ0n) is 32.6. The van der Waals surface area contributed by atoms with Gasteiger partial charge in [-0.15, -0.1) is 0 Å². The Kier molecular flexibility index (Phi) is 12.5. The van der Waals surface area contributed by atoms with Crippen LogP contribution >= 0.6 is 0 Å². The highest BCUT2D eigenvalue weighted by Gasteiger charge is 2.19. The highest BCUT2D eigenvalue weighted by atomic mass is 16.3. The Morgan fingerprint density at radius 1 is 0.649 bits per heavy atom. The zero-order chi connectivity index (χ0) is 39.7. The van der Waals surface area contributed by atoms with Crippen LogP contribution in [-0.2, 0) is 4.79 Å². The lowest BCUT2D eigenvalue weighted by Crippen LogP contribution is -2.48. The van der Waals surface area contributed by atoms with Crippen molar-refractivity contribution in [3.63, 3.8) is 0 Å². The number of piperazine rings is 2. The molecule has 2 aliphatic rings. The molecule has 2 fully saturated rings. The van der Waals surface area contributed by atoms with Gasteiger partial charge in [0.1, 0.15) is 22.9 Å². The fourth-order valence-electron chi connectivity index (χ4n) is 6.74. The number of nitrogens with zero attached hydrogens (tertiary/aromatic N) is 7. The average Bonchev–Trinajstić information content (AvgIpc) is 3.93. The molecule has 2 atom stereocenters. The third kappa shape index (κ3) is 9.80. The Labute approximate surface area is 331 Å². The first-order valence-corrected chi connectivity index (χ1v) is 19.4. The molecule has 0 radical (unpaired) electrons. The maximum absolute atomic E-state index is 11.5. The summed E-state index contributed by atoms with van der Waals surface area (Å²) in [7, 11) is 0. The van der Waals surface area contributed by atoms with Crippen molar-refractivity contribution in [2.75, 3.05) is 96.6 Å². The third-order valence-corrected chi connectivity index (χ3v) is 9.96. The first-order chi connectivity index (χ1) is 27.8. The fraction of sp³-hybridized carbons (Fsp3) is 0.375. The van der Waals surface area contributed by atoms with Crippen molar-refractivity contribution < 1.29 is 15.0 Å². The highest BCUT2D eigenvalue weighted by molar-refractivity contribution is 5.89. The number of aliphatic hydroxyl groups is 2. The maximum Gasteiger partial charge on any atom is 0.231 e. The van der Waals surface area contributed by atoms with Crippen LogP contribution in [0.1, 0.15) is 20.8 Å². The molecule has 0 bridgehead atoms. The molecule has 0 aliphatic carbocycles. The molecule has 2 aliphatic heterocycles.